The zero-order valence-corrected chi connectivity index (χ0v) is 16.1. The van der Waals surface area contributed by atoms with Gasteiger partial charge < -0.3 is 14.8 Å². The van der Waals surface area contributed by atoms with Crippen LogP contribution in [0.2, 0.25) is 0 Å². The fraction of sp³-hybridized carbons (Fsp3) is 0.238. The third-order valence-corrected chi connectivity index (χ3v) is 4.32. The molecular formula is C21H21N3O4. The highest BCUT2D eigenvalue weighted by atomic mass is 16.5. The quantitative estimate of drug-likeness (QED) is 0.683. The van der Waals surface area contributed by atoms with Gasteiger partial charge in [0.15, 0.2) is 6.10 Å². The lowest BCUT2D eigenvalue weighted by atomic mass is 10.2. The van der Waals surface area contributed by atoms with E-state index in [-0.39, 0.29) is 0 Å². The van der Waals surface area contributed by atoms with Gasteiger partial charge in [-0.1, -0.05) is 0 Å². The number of benzene rings is 2. The van der Waals surface area contributed by atoms with Gasteiger partial charge in [0.1, 0.15) is 5.75 Å². The number of carbonyl (C=O) groups excluding carboxylic acids is 2. The van der Waals surface area contributed by atoms with Crippen LogP contribution >= 0.6 is 0 Å². The van der Waals surface area contributed by atoms with Crippen LogP contribution in [0.15, 0.2) is 42.5 Å². The third kappa shape index (κ3) is 4.25. The highest BCUT2D eigenvalue weighted by Gasteiger charge is 2.19. The fourth-order valence-electron chi connectivity index (χ4n) is 2.56. The number of esters is 1. The van der Waals surface area contributed by atoms with Crippen molar-refractivity contribution in [1.29, 1.82) is 0 Å². The second-order valence-corrected chi connectivity index (χ2v) is 6.36. The summed E-state index contributed by atoms with van der Waals surface area (Å²) < 4.78 is 10.4. The van der Waals surface area contributed by atoms with Gasteiger partial charge in [-0.3, -0.25) is 4.79 Å². The first-order chi connectivity index (χ1) is 13.4. The van der Waals surface area contributed by atoms with E-state index in [1.54, 1.807) is 49.6 Å². The number of hydrogen-bond acceptors (Lipinski definition) is 6. The maximum absolute atomic E-state index is 12.4. The number of fused-ring (bicyclic) bond motifs is 1. The Morgan fingerprint density at radius 1 is 0.964 bits per heavy atom. The van der Waals surface area contributed by atoms with Gasteiger partial charge in [0.05, 0.1) is 35.1 Å². The van der Waals surface area contributed by atoms with Crippen LogP contribution in [0.3, 0.4) is 0 Å². The standard InChI is InChI=1S/C21H21N3O4/c1-12-13(2)23-19-11-15(5-10-18(19)22-12)21(26)28-14(3)20(25)24-16-6-8-17(27-4)9-7-16/h5-11,14H,1-4H3,(H,24,25)/t14-/m0/s1. The molecule has 28 heavy (non-hydrogen) atoms. The first-order valence-corrected chi connectivity index (χ1v) is 8.78. The molecule has 1 N–H and O–H groups in total. The minimum Gasteiger partial charge on any atom is -0.497 e. The van der Waals surface area contributed by atoms with Crippen LogP contribution in [-0.4, -0.2) is 35.1 Å². The Labute approximate surface area is 162 Å². The van der Waals surface area contributed by atoms with Crippen molar-refractivity contribution in [3.05, 3.63) is 59.4 Å². The van der Waals surface area contributed by atoms with Crippen LogP contribution in [0.1, 0.15) is 28.7 Å². The number of nitrogens with one attached hydrogen (secondary N) is 1. The van der Waals surface area contributed by atoms with Crippen molar-refractivity contribution >= 4 is 28.6 Å². The molecule has 1 aromatic heterocycles. The molecule has 0 radical (unpaired) electrons. The predicted molar refractivity (Wildman–Crippen MR) is 106 cm³/mol. The lowest BCUT2D eigenvalue weighted by Crippen LogP contribution is -2.30. The van der Waals surface area contributed by atoms with Crippen molar-refractivity contribution in [3.63, 3.8) is 0 Å². The number of nitrogens with zero attached hydrogens (tertiary/aromatic N) is 2. The van der Waals surface area contributed by atoms with E-state index in [4.69, 9.17) is 9.47 Å². The van der Waals surface area contributed by atoms with E-state index in [1.807, 2.05) is 13.8 Å². The maximum Gasteiger partial charge on any atom is 0.338 e. The molecule has 144 valence electrons. The van der Waals surface area contributed by atoms with E-state index in [2.05, 4.69) is 15.3 Å². The van der Waals surface area contributed by atoms with Crippen LogP contribution in [0.25, 0.3) is 11.0 Å². The molecule has 0 saturated heterocycles. The molecular weight excluding hydrogens is 358 g/mol. The van der Waals surface area contributed by atoms with E-state index < -0.39 is 18.0 Å². The molecule has 3 aromatic rings. The number of anilines is 1. The normalized spacial score (nSPS) is 11.7. The number of aromatic nitrogens is 2. The molecule has 1 atom stereocenters. The van der Waals surface area contributed by atoms with Crippen molar-refractivity contribution in [2.75, 3.05) is 12.4 Å². The summed E-state index contributed by atoms with van der Waals surface area (Å²) in [5.41, 5.74) is 3.84. The van der Waals surface area contributed by atoms with Crippen molar-refractivity contribution in [2.24, 2.45) is 0 Å². The molecule has 0 spiro atoms. The second kappa shape index (κ2) is 8.04. The molecule has 0 aliphatic rings. The zero-order chi connectivity index (χ0) is 20.3. The maximum atomic E-state index is 12.4. The number of rotatable bonds is 5. The highest BCUT2D eigenvalue weighted by molar-refractivity contribution is 5.98. The van der Waals surface area contributed by atoms with Gasteiger partial charge in [-0.05, 0) is 63.2 Å². The number of hydrogen-bond donors (Lipinski definition) is 1. The molecule has 2 aromatic carbocycles. The molecule has 7 nitrogen and oxygen atoms in total. The van der Waals surface area contributed by atoms with Crippen molar-refractivity contribution in [1.82, 2.24) is 9.97 Å². The monoisotopic (exact) mass is 379 g/mol. The largest absolute Gasteiger partial charge is 0.497 e. The Bertz CT molecular complexity index is 1030. The number of carbonyl (C=O) groups is 2. The van der Waals surface area contributed by atoms with E-state index >= 15 is 0 Å². The Kier molecular flexibility index (Phi) is 5.54. The number of amides is 1. The minimum absolute atomic E-state index is 0.314. The topological polar surface area (TPSA) is 90.4 Å². The van der Waals surface area contributed by atoms with E-state index in [0.29, 0.717) is 28.0 Å². The number of aryl methyl sites for hydroxylation is 2. The SMILES string of the molecule is COc1ccc(NC(=O)[C@H](C)OC(=O)c2ccc3nc(C)c(C)nc3c2)cc1. The van der Waals surface area contributed by atoms with Gasteiger partial charge in [-0.15, -0.1) is 0 Å². The first-order valence-electron chi connectivity index (χ1n) is 8.78. The van der Waals surface area contributed by atoms with Gasteiger partial charge in [-0.25, -0.2) is 14.8 Å². The molecule has 0 fully saturated rings. The summed E-state index contributed by atoms with van der Waals surface area (Å²) >= 11 is 0. The van der Waals surface area contributed by atoms with Gasteiger partial charge in [0.25, 0.3) is 5.91 Å². The van der Waals surface area contributed by atoms with Gasteiger partial charge in [-0.2, -0.15) is 0 Å². The van der Waals surface area contributed by atoms with E-state index in [0.717, 1.165) is 11.4 Å². The summed E-state index contributed by atoms with van der Waals surface area (Å²) in [5, 5.41) is 2.70. The molecule has 1 heterocycles. The number of ether oxygens (including phenoxy) is 2. The average molecular weight is 379 g/mol. The second-order valence-electron chi connectivity index (χ2n) is 6.36. The van der Waals surface area contributed by atoms with Crippen molar-refractivity contribution in [2.45, 2.75) is 26.9 Å². The molecule has 3 rings (SSSR count). The minimum atomic E-state index is -0.962. The Balaban J connectivity index is 1.68. The molecule has 0 aliphatic heterocycles. The summed E-state index contributed by atoms with van der Waals surface area (Å²) in [5.74, 6) is -0.341. The molecule has 0 unspecified atom stereocenters. The van der Waals surface area contributed by atoms with E-state index in [9.17, 15) is 9.59 Å². The Morgan fingerprint density at radius 2 is 1.61 bits per heavy atom. The van der Waals surface area contributed by atoms with Gasteiger partial charge in [0, 0.05) is 5.69 Å². The first kappa shape index (κ1) is 19.3. The molecule has 0 saturated carbocycles. The lowest BCUT2D eigenvalue weighted by Gasteiger charge is -2.14. The Hall–Kier alpha value is -3.48. The smallest absolute Gasteiger partial charge is 0.338 e. The summed E-state index contributed by atoms with van der Waals surface area (Å²) in [6, 6.07) is 11.8. The van der Waals surface area contributed by atoms with E-state index in [1.165, 1.54) is 6.92 Å². The Morgan fingerprint density at radius 3 is 2.25 bits per heavy atom. The number of methoxy groups -OCH3 is 1. The van der Waals surface area contributed by atoms with Crippen LogP contribution in [-0.2, 0) is 9.53 Å². The summed E-state index contributed by atoms with van der Waals surface area (Å²) in [6.07, 6.45) is -0.962. The molecule has 0 aliphatic carbocycles. The highest BCUT2D eigenvalue weighted by Crippen LogP contribution is 2.17. The van der Waals surface area contributed by atoms with Crippen molar-refractivity contribution in [3.8, 4) is 5.75 Å². The molecule has 0 bridgehead atoms. The zero-order valence-electron chi connectivity index (χ0n) is 16.1. The molecule has 1 amide bonds. The molecule has 7 heteroatoms. The van der Waals surface area contributed by atoms with Gasteiger partial charge in [0.2, 0.25) is 0 Å². The fourth-order valence-corrected chi connectivity index (χ4v) is 2.56. The van der Waals surface area contributed by atoms with Crippen LogP contribution in [0, 0.1) is 13.8 Å². The van der Waals surface area contributed by atoms with Crippen LogP contribution in [0.5, 0.6) is 5.75 Å². The average Bonchev–Trinajstić information content (AvgIpc) is 2.69. The summed E-state index contributed by atoms with van der Waals surface area (Å²) in [4.78, 5) is 33.6. The summed E-state index contributed by atoms with van der Waals surface area (Å²) in [7, 11) is 1.57. The van der Waals surface area contributed by atoms with Crippen LogP contribution < -0.4 is 10.1 Å². The third-order valence-electron chi connectivity index (χ3n) is 4.32. The van der Waals surface area contributed by atoms with Crippen molar-refractivity contribution < 1.29 is 19.1 Å². The van der Waals surface area contributed by atoms with Crippen LogP contribution in [0.4, 0.5) is 5.69 Å². The van der Waals surface area contributed by atoms with Gasteiger partial charge >= 0.3 is 5.97 Å². The predicted octanol–water partition coefficient (Wildman–Crippen LogP) is 3.44. The summed E-state index contributed by atoms with van der Waals surface area (Å²) in [6.45, 7) is 5.26. The lowest BCUT2D eigenvalue weighted by molar-refractivity contribution is -0.123.